The van der Waals surface area contributed by atoms with E-state index >= 15 is 0 Å². The largest absolute Gasteiger partial charge is 0.479 e. The zero-order valence-corrected chi connectivity index (χ0v) is 9.51. The second kappa shape index (κ2) is 5.31. The first kappa shape index (κ1) is 12.1. The number of carboxylic acids is 1. The van der Waals surface area contributed by atoms with Crippen molar-refractivity contribution in [1.29, 1.82) is 0 Å². The second-order valence-electron chi connectivity index (χ2n) is 3.81. The van der Waals surface area contributed by atoms with Gasteiger partial charge in [0.25, 0.3) is 0 Å². The summed E-state index contributed by atoms with van der Waals surface area (Å²) in [6.45, 7) is 0. The predicted molar refractivity (Wildman–Crippen MR) is 66.8 cm³/mol. The Hall–Kier alpha value is -2.36. The number of hydrogen-bond acceptors (Lipinski definition) is 2. The van der Waals surface area contributed by atoms with E-state index in [0.717, 1.165) is 0 Å². The van der Waals surface area contributed by atoms with Crippen LogP contribution in [-0.4, -0.2) is 11.1 Å². The van der Waals surface area contributed by atoms with Crippen LogP contribution in [0.1, 0.15) is 11.6 Å². The second-order valence-corrected chi connectivity index (χ2v) is 3.81. The SMILES string of the molecule is O=C(O)[C@@H](Nc1ccccc1F)c1ccccc1. The Kier molecular flexibility index (Phi) is 3.57. The lowest BCUT2D eigenvalue weighted by Gasteiger charge is -2.16. The van der Waals surface area contributed by atoms with Gasteiger partial charge in [-0.15, -0.1) is 0 Å². The highest BCUT2D eigenvalue weighted by Gasteiger charge is 2.20. The quantitative estimate of drug-likeness (QED) is 0.870. The van der Waals surface area contributed by atoms with Crippen LogP contribution in [0.2, 0.25) is 0 Å². The molecule has 0 heterocycles. The molecule has 0 saturated carbocycles. The van der Waals surface area contributed by atoms with Crippen LogP contribution in [0, 0.1) is 5.82 Å². The predicted octanol–water partition coefficient (Wildman–Crippen LogP) is 3.06. The van der Waals surface area contributed by atoms with E-state index in [1.807, 2.05) is 0 Å². The van der Waals surface area contributed by atoms with E-state index < -0.39 is 17.8 Å². The number of halogens is 1. The third-order valence-corrected chi connectivity index (χ3v) is 2.55. The summed E-state index contributed by atoms with van der Waals surface area (Å²) in [6.07, 6.45) is 0. The van der Waals surface area contributed by atoms with Gasteiger partial charge in [0.2, 0.25) is 0 Å². The minimum atomic E-state index is -1.05. The lowest BCUT2D eigenvalue weighted by molar-refractivity contribution is -0.138. The molecule has 0 spiro atoms. The van der Waals surface area contributed by atoms with E-state index in [1.54, 1.807) is 42.5 Å². The van der Waals surface area contributed by atoms with Gasteiger partial charge in [-0.2, -0.15) is 0 Å². The van der Waals surface area contributed by atoms with Crippen LogP contribution in [-0.2, 0) is 4.79 Å². The molecule has 18 heavy (non-hydrogen) atoms. The molecule has 3 nitrogen and oxygen atoms in total. The standard InChI is InChI=1S/C14H12FNO2/c15-11-8-4-5-9-12(11)16-13(14(17)18)10-6-2-1-3-7-10/h1-9,13,16H,(H,17,18)/t13-/m0/s1. The molecule has 0 aromatic heterocycles. The molecule has 1 atom stereocenters. The minimum absolute atomic E-state index is 0.175. The molecule has 0 aliphatic rings. The number of nitrogens with one attached hydrogen (secondary N) is 1. The van der Waals surface area contributed by atoms with Gasteiger partial charge < -0.3 is 10.4 Å². The van der Waals surface area contributed by atoms with Gasteiger partial charge in [-0.05, 0) is 17.7 Å². The van der Waals surface area contributed by atoms with E-state index in [9.17, 15) is 14.3 Å². The maximum Gasteiger partial charge on any atom is 0.330 e. The van der Waals surface area contributed by atoms with Gasteiger partial charge in [-0.25, -0.2) is 9.18 Å². The highest BCUT2D eigenvalue weighted by atomic mass is 19.1. The molecular weight excluding hydrogens is 233 g/mol. The third kappa shape index (κ3) is 2.66. The van der Waals surface area contributed by atoms with Gasteiger partial charge in [0.1, 0.15) is 5.82 Å². The molecule has 0 amide bonds. The molecule has 0 radical (unpaired) electrons. The number of benzene rings is 2. The molecule has 2 aromatic rings. The summed E-state index contributed by atoms with van der Waals surface area (Å²) in [7, 11) is 0. The Morgan fingerprint density at radius 2 is 1.67 bits per heavy atom. The van der Waals surface area contributed by atoms with Gasteiger partial charge in [-0.3, -0.25) is 0 Å². The molecule has 2 aromatic carbocycles. The van der Waals surface area contributed by atoms with Crippen LogP contribution in [0.4, 0.5) is 10.1 Å². The van der Waals surface area contributed by atoms with Crippen LogP contribution >= 0.6 is 0 Å². The highest BCUT2D eigenvalue weighted by Crippen LogP contribution is 2.21. The van der Waals surface area contributed by atoms with E-state index in [-0.39, 0.29) is 5.69 Å². The van der Waals surface area contributed by atoms with Crippen LogP contribution in [0.3, 0.4) is 0 Å². The highest BCUT2D eigenvalue weighted by molar-refractivity contribution is 5.79. The van der Waals surface area contributed by atoms with Crippen molar-refractivity contribution in [3.8, 4) is 0 Å². The lowest BCUT2D eigenvalue weighted by Crippen LogP contribution is -2.20. The smallest absolute Gasteiger partial charge is 0.330 e. The van der Waals surface area contributed by atoms with Crippen LogP contribution in [0.15, 0.2) is 54.6 Å². The van der Waals surface area contributed by atoms with Gasteiger partial charge in [0, 0.05) is 0 Å². The fourth-order valence-corrected chi connectivity index (χ4v) is 1.67. The van der Waals surface area contributed by atoms with Gasteiger partial charge in [0.05, 0.1) is 5.69 Å². The van der Waals surface area contributed by atoms with E-state index in [4.69, 9.17) is 0 Å². The number of rotatable bonds is 4. The Bertz CT molecular complexity index is 543. The van der Waals surface area contributed by atoms with E-state index in [2.05, 4.69) is 5.32 Å². The number of hydrogen-bond donors (Lipinski definition) is 2. The molecule has 0 aliphatic carbocycles. The maximum absolute atomic E-state index is 13.5. The summed E-state index contributed by atoms with van der Waals surface area (Å²) in [4.78, 5) is 11.2. The zero-order chi connectivity index (χ0) is 13.0. The molecular formula is C14H12FNO2. The van der Waals surface area contributed by atoms with Crippen molar-refractivity contribution >= 4 is 11.7 Å². The zero-order valence-electron chi connectivity index (χ0n) is 9.51. The molecule has 4 heteroatoms. The van der Waals surface area contributed by atoms with Crippen molar-refractivity contribution in [1.82, 2.24) is 0 Å². The maximum atomic E-state index is 13.5. The van der Waals surface area contributed by atoms with Crippen LogP contribution in [0.25, 0.3) is 0 Å². The first-order chi connectivity index (χ1) is 8.68. The third-order valence-electron chi connectivity index (χ3n) is 2.55. The number of carbonyl (C=O) groups is 1. The van der Waals surface area contributed by atoms with Crippen molar-refractivity contribution in [2.45, 2.75) is 6.04 Å². The molecule has 92 valence electrons. The molecule has 2 rings (SSSR count). The van der Waals surface area contributed by atoms with Crippen molar-refractivity contribution in [3.63, 3.8) is 0 Å². The number of anilines is 1. The van der Waals surface area contributed by atoms with Gasteiger partial charge >= 0.3 is 5.97 Å². The topological polar surface area (TPSA) is 49.3 Å². The Morgan fingerprint density at radius 1 is 1.06 bits per heavy atom. The first-order valence-corrected chi connectivity index (χ1v) is 5.47. The van der Waals surface area contributed by atoms with Crippen molar-refractivity contribution in [3.05, 3.63) is 66.0 Å². The van der Waals surface area contributed by atoms with Crippen LogP contribution in [0.5, 0.6) is 0 Å². The summed E-state index contributed by atoms with van der Waals surface area (Å²) in [5, 5.41) is 11.9. The average molecular weight is 245 g/mol. The first-order valence-electron chi connectivity index (χ1n) is 5.47. The Labute approximate surface area is 104 Å². The molecule has 0 saturated heterocycles. The molecule has 0 fully saturated rings. The summed E-state index contributed by atoms with van der Waals surface area (Å²) >= 11 is 0. The van der Waals surface area contributed by atoms with E-state index in [0.29, 0.717) is 5.56 Å². The Balaban J connectivity index is 2.28. The van der Waals surface area contributed by atoms with Gasteiger partial charge in [0.15, 0.2) is 6.04 Å². The average Bonchev–Trinajstić information content (AvgIpc) is 2.38. The van der Waals surface area contributed by atoms with Crippen LogP contribution < -0.4 is 5.32 Å². The molecule has 0 aliphatic heterocycles. The number of carboxylic acid groups (broad SMARTS) is 1. The lowest BCUT2D eigenvalue weighted by atomic mass is 10.1. The fraction of sp³-hybridized carbons (Fsp3) is 0.0714. The van der Waals surface area contributed by atoms with Crippen molar-refractivity contribution < 1.29 is 14.3 Å². The fourth-order valence-electron chi connectivity index (χ4n) is 1.67. The molecule has 2 N–H and O–H groups in total. The number of para-hydroxylation sites is 1. The van der Waals surface area contributed by atoms with Crippen molar-refractivity contribution in [2.75, 3.05) is 5.32 Å². The van der Waals surface area contributed by atoms with E-state index in [1.165, 1.54) is 12.1 Å². The molecule has 0 bridgehead atoms. The summed E-state index contributed by atoms with van der Waals surface area (Å²) in [5.41, 5.74) is 0.752. The van der Waals surface area contributed by atoms with Crippen molar-refractivity contribution in [2.24, 2.45) is 0 Å². The number of aliphatic carboxylic acids is 1. The molecule has 0 unspecified atom stereocenters. The summed E-state index contributed by atoms with van der Waals surface area (Å²) < 4.78 is 13.5. The van der Waals surface area contributed by atoms with Gasteiger partial charge in [-0.1, -0.05) is 42.5 Å². The monoisotopic (exact) mass is 245 g/mol. The minimum Gasteiger partial charge on any atom is -0.479 e. The summed E-state index contributed by atoms with van der Waals surface area (Å²) in [5.74, 6) is -1.52. The Morgan fingerprint density at radius 3 is 2.28 bits per heavy atom. The normalized spacial score (nSPS) is 11.8. The summed E-state index contributed by atoms with van der Waals surface area (Å²) in [6, 6.07) is 13.7.